The van der Waals surface area contributed by atoms with Crippen molar-refractivity contribution in [2.24, 2.45) is 0 Å². The molecule has 2 rings (SSSR count). The van der Waals surface area contributed by atoms with Crippen LogP contribution in [0.3, 0.4) is 0 Å². The van der Waals surface area contributed by atoms with Gasteiger partial charge in [0, 0.05) is 25.3 Å². The Morgan fingerprint density at radius 3 is 2.67 bits per heavy atom. The van der Waals surface area contributed by atoms with Gasteiger partial charge in [0.2, 0.25) is 5.91 Å². The van der Waals surface area contributed by atoms with Gasteiger partial charge in [0.15, 0.2) is 0 Å². The van der Waals surface area contributed by atoms with Crippen molar-refractivity contribution in [1.29, 1.82) is 0 Å². The minimum atomic E-state index is 0.0287. The van der Waals surface area contributed by atoms with Gasteiger partial charge in [0.1, 0.15) is 0 Å². The van der Waals surface area contributed by atoms with E-state index < -0.39 is 0 Å². The van der Waals surface area contributed by atoms with Crippen molar-refractivity contribution < 1.29 is 9.53 Å². The lowest BCUT2D eigenvalue weighted by Crippen LogP contribution is -2.52. The first-order chi connectivity index (χ1) is 7.17. The van der Waals surface area contributed by atoms with Crippen LogP contribution in [0.25, 0.3) is 0 Å². The summed E-state index contributed by atoms with van der Waals surface area (Å²) < 4.78 is 5.36. The van der Waals surface area contributed by atoms with E-state index >= 15 is 0 Å². The Morgan fingerprint density at radius 2 is 2.13 bits per heavy atom. The predicted molar refractivity (Wildman–Crippen MR) is 57.6 cm³/mol. The molecule has 0 bridgehead atoms. The third kappa shape index (κ3) is 1.88. The normalized spacial score (nSPS) is 30.9. The molecule has 2 aliphatic rings. The first-order valence-electron chi connectivity index (χ1n) is 5.74. The lowest BCUT2D eigenvalue weighted by atomic mass is 9.90. The van der Waals surface area contributed by atoms with Crippen molar-refractivity contribution in [3.05, 3.63) is 0 Å². The molecule has 1 atom stereocenters. The number of likely N-dealkylation sites (tertiary alicyclic amines) is 1. The Bertz CT molecular complexity index is 249. The maximum Gasteiger partial charge on any atom is 0.240 e. The van der Waals surface area contributed by atoms with Crippen LogP contribution in [0, 0.1) is 0 Å². The van der Waals surface area contributed by atoms with Crippen LogP contribution in [0.4, 0.5) is 0 Å². The van der Waals surface area contributed by atoms with Crippen LogP contribution in [-0.4, -0.2) is 49.2 Å². The average Bonchev–Trinajstić information content (AvgIpc) is 2.61. The topological polar surface area (TPSA) is 41.6 Å². The van der Waals surface area contributed by atoms with E-state index in [-0.39, 0.29) is 17.5 Å². The van der Waals surface area contributed by atoms with Crippen LogP contribution >= 0.6 is 0 Å². The summed E-state index contributed by atoms with van der Waals surface area (Å²) in [5, 5.41) is 3.08. The monoisotopic (exact) mass is 212 g/mol. The minimum absolute atomic E-state index is 0.0287. The SMILES string of the molecule is CNC1CCN(C2(C)CCOCC2)C1=O. The van der Waals surface area contributed by atoms with Crippen molar-refractivity contribution >= 4 is 5.91 Å². The summed E-state index contributed by atoms with van der Waals surface area (Å²) in [6.07, 6.45) is 2.87. The lowest BCUT2D eigenvalue weighted by Gasteiger charge is -2.41. The first kappa shape index (κ1) is 10.9. The van der Waals surface area contributed by atoms with Crippen LogP contribution in [0.1, 0.15) is 26.2 Å². The second kappa shape index (κ2) is 4.10. The number of likely N-dealkylation sites (N-methyl/N-ethyl adjacent to an activating group) is 1. The molecule has 0 radical (unpaired) electrons. The Labute approximate surface area is 91.0 Å². The average molecular weight is 212 g/mol. The van der Waals surface area contributed by atoms with Crippen LogP contribution in [0.2, 0.25) is 0 Å². The summed E-state index contributed by atoms with van der Waals surface area (Å²) in [6, 6.07) is 0.0321. The number of amides is 1. The van der Waals surface area contributed by atoms with E-state index in [4.69, 9.17) is 4.74 Å². The molecule has 4 heteroatoms. The Morgan fingerprint density at radius 1 is 1.47 bits per heavy atom. The largest absolute Gasteiger partial charge is 0.381 e. The number of hydrogen-bond donors (Lipinski definition) is 1. The van der Waals surface area contributed by atoms with E-state index in [0.29, 0.717) is 0 Å². The number of rotatable bonds is 2. The summed E-state index contributed by atoms with van der Waals surface area (Å²) in [4.78, 5) is 14.1. The number of hydrogen-bond acceptors (Lipinski definition) is 3. The van der Waals surface area contributed by atoms with E-state index in [1.807, 2.05) is 7.05 Å². The molecule has 0 aromatic carbocycles. The lowest BCUT2D eigenvalue weighted by molar-refractivity contribution is -0.137. The fraction of sp³-hybridized carbons (Fsp3) is 0.909. The van der Waals surface area contributed by atoms with Gasteiger partial charge in [-0.3, -0.25) is 4.79 Å². The molecule has 0 aromatic rings. The van der Waals surface area contributed by atoms with Gasteiger partial charge in [-0.2, -0.15) is 0 Å². The highest BCUT2D eigenvalue weighted by atomic mass is 16.5. The number of nitrogens with one attached hydrogen (secondary N) is 1. The Kier molecular flexibility index (Phi) is 2.98. The van der Waals surface area contributed by atoms with Crippen molar-refractivity contribution in [1.82, 2.24) is 10.2 Å². The highest BCUT2D eigenvalue weighted by Gasteiger charge is 2.42. The maximum absolute atomic E-state index is 12.1. The maximum atomic E-state index is 12.1. The molecule has 0 saturated carbocycles. The molecule has 0 aliphatic carbocycles. The molecule has 2 saturated heterocycles. The van der Waals surface area contributed by atoms with Gasteiger partial charge >= 0.3 is 0 Å². The standard InChI is InChI=1S/C11H20N2O2/c1-11(4-7-15-8-5-11)13-6-3-9(12-2)10(13)14/h9,12H,3-8H2,1-2H3. The molecule has 1 N–H and O–H groups in total. The van der Waals surface area contributed by atoms with Gasteiger partial charge in [0.25, 0.3) is 0 Å². The quantitative estimate of drug-likeness (QED) is 0.719. The summed E-state index contributed by atoms with van der Waals surface area (Å²) >= 11 is 0. The first-order valence-corrected chi connectivity index (χ1v) is 5.74. The van der Waals surface area contributed by atoms with Gasteiger partial charge < -0.3 is 15.0 Å². The highest BCUT2D eigenvalue weighted by molar-refractivity contribution is 5.84. The zero-order chi connectivity index (χ0) is 10.9. The van der Waals surface area contributed by atoms with Crippen molar-refractivity contribution in [2.45, 2.75) is 37.8 Å². The van der Waals surface area contributed by atoms with Crippen LogP contribution in [0.5, 0.6) is 0 Å². The zero-order valence-corrected chi connectivity index (χ0v) is 9.58. The minimum Gasteiger partial charge on any atom is -0.381 e. The number of ether oxygens (including phenoxy) is 1. The highest BCUT2D eigenvalue weighted by Crippen LogP contribution is 2.31. The second-order valence-electron chi connectivity index (χ2n) is 4.73. The van der Waals surface area contributed by atoms with Crippen molar-refractivity contribution in [2.75, 3.05) is 26.8 Å². The summed E-state index contributed by atoms with van der Waals surface area (Å²) in [7, 11) is 1.86. The van der Waals surface area contributed by atoms with Crippen molar-refractivity contribution in [3.63, 3.8) is 0 Å². The summed E-state index contributed by atoms with van der Waals surface area (Å²) in [6.45, 7) is 4.64. The van der Waals surface area contributed by atoms with E-state index in [2.05, 4.69) is 17.1 Å². The van der Waals surface area contributed by atoms with Gasteiger partial charge in [-0.05, 0) is 33.2 Å². The molecule has 1 unspecified atom stereocenters. The van der Waals surface area contributed by atoms with E-state index in [1.165, 1.54) is 0 Å². The molecule has 4 nitrogen and oxygen atoms in total. The Balaban J connectivity index is 2.07. The molecule has 0 spiro atoms. The molecule has 0 aromatic heterocycles. The van der Waals surface area contributed by atoms with E-state index in [1.54, 1.807) is 0 Å². The third-order valence-electron chi connectivity index (χ3n) is 3.78. The number of carbonyl (C=O) groups is 1. The van der Waals surface area contributed by atoms with Gasteiger partial charge in [-0.15, -0.1) is 0 Å². The fourth-order valence-corrected chi connectivity index (χ4v) is 2.56. The molecule has 15 heavy (non-hydrogen) atoms. The Hall–Kier alpha value is -0.610. The van der Waals surface area contributed by atoms with Gasteiger partial charge in [0.05, 0.1) is 6.04 Å². The van der Waals surface area contributed by atoms with Gasteiger partial charge in [-0.25, -0.2) is 0 Å². The second-order valence-corrected chi connectivity index (χ2v) is 4.73. The molecule has 2 heterocycles. The van der Waals surface area contributed by atoms with E-state index in [0.717, 1.165) is 39.0 Å². The molecule has 86 valence electrons. The molecular formula is C11H20N2O2. The molecular weight excluding hydrogens is 192 g/mol. The van der Waals surface area contributed by atoms with Crippen molar-refractivity contribution in [3.8, 4) is 0 Å². The summed E-state index contributed by atoms with van der Waals surface area (Å²) in [5.41, 5.74) is 0.0287. The third-order valence-corrected chi connectivity index (χ3v) is 3.78. The summed E-state index contributed by atoms with van der Waals surface area (Å²) in [5.74, 6) is 0.266. The molecule has 1 amide bonds. The van der Waals surface area contributed by atoms with Crippen LogP contribution < -0.4 is 5.32 Å². The smallest absolute Gasteiger partial charge is 0.240 e. The van der Waals surface area contributed by atoms with Gasteiger partial charge in [-0.1, -0.05) is 0 Å². The molecule has 2 fully saturated rings. The predicted octanol–water partition coefficient (Wildman–Crippen LogP) is 0.376. The van der Waals surface area contributed by atoms with Crippen LogP contribution in [-0.2, 0) is 9.53 Å². The zero-order valence-electron chi connectivity index (χ0n) is 9.58. The van der Waals surface area contributed by atoms with Crippen LogP contribution in [0.15, 0.2) is 0 Å². The number of carbonyl (C=O) groups excluding carboxylic acids is 1. The van der Waals surface area contributed by atoms with E-state index in [9.17, 15) is 4.79 Å². The molecule has 2 aliphatic heterocycles. The fourth-order valence-electron chi connectivity index (χ4n) is 2.56. The number of nitrogens with zero attached hydrogens (tertiary/aromatic N) is 1.